The number of benzene rings is 1. The molecule has 5 nitrogen and oxygen atoms in total. The van der Waals surface area contributed by atoms with Crippen LogP contribution in [0.5, 0.6) is 0 Å². The zero-order valence-electron chi connectivity index (χ0n) is 7.21. The molecule has 0 fully saturated rings. The van der Waals surface area contributed by atoms with Crippen LogP contribution in [0.2, 0.25) is 0 Å². The van der Waals surface area contributed by atoms with Gasteiger partial charge in [-0.1, -0.05) is 17.2 Å². The second kappa shape index (κ2) is 7.80. The Morgan fingerprint density at radius 1 is 1.43 bits per heavy atom. The van der Waals surface area contributed by atoms with Gasteiger partial charge in [-0.3, -0.25) is 4.21 Å². The average Bonchev–Trinajstić information content (AvgIpc) is 2.15. The van der Waals surface area contributed by atoms with Crippen molar-refractivity contribution in [3.8, 4) is 0 Å². The van der Waals surface area contributed by atoms with Crippen LogP contribution in [0, 0.1) is 0 Å². The first-order chi connectivity index (χ1) is 6.25. The minimum Gasteiger partial charge on any atom is -0.768 e. The summed E-state index contributed by atoms with van der Waals surface area (Å²) in [6.45, 7) is 0. The Bertz CT molecular complexity index is 308. The van der Waals surface area contributed by atoms with Crippen LogP contribution in [-0.4, -0.2) is 43.6 Å². The van der Waals surface area contributed by atoms with Crippen molar-refractivity contribution in [3.05, 3.63) is 24.3 Å². The zero-order valence-corrected chi connectivity index (χ0v) is 10.8. The van der Waals surface area contributed by atoms with E-state index in [1.54, 1.807) is 12.1 Å². The van der Waals surface area contributed by atoms with Gasteiger partial charge in [0, 0.05) is 34.5 Å². The second-order valence-corrected chi connectivity index (χ2v) is 3.56. The Labute approximate surface area is 109 Å². The van der Waals surface area contributed by atoms with Gasteiger partial charge in [0.15, 0.2) is 0 Å². The van der Waals surface area contributed by atoms with E-state index in [2.05, 4.69) is 9.37 Å². The summed E-state index contributed by atoms with van der Waals surface area (Å²) in [5, 5.41) is 11.2. The zero-order chi connectivity index (χ0) is 9.68. The fraction of sp³-hybridized carbons (Fsp3) is 0. The van der Waals surface area contributed by atoms with Crippen LogP contribution in [0.15, 0.2) is 34.1 Å². The Morgan fingerprint density at radius 2 is 2.07 bits per heavy atom. The molecule has 1 N–H and O–H groups in total. The van der Waals surface area contributed by atoms with Gasteiger partial charge in [0.2, 0.25) is 0 Å². The molecule has 1 atom stereocenters. The van der Waals surface area contributed by atoms with Crippen molar-refractivity contribution in [2.45, 2.75) is 9.79 Å². The molecule has 1 radical (unpaired) electrons. The summed E-state index contributed by atoms with van der Waals surface area (Å²) < 4.78 is 25.3. The number of rotatable bonds is 4. The second-order valence-electron chi connectivity index (χ2n) is 1.91. The van der Waals surface area contributed by atoms with Gasteiger partial charge in [-0.15, -0.1) is 4.33 Å². The van der Waals surface area contributed by atoms with Crippen molar-refractivity contribution in [1.29, 1.82) is 0 Å². The van der Waals surface area contributed by atoms with E-state index in [0.29, 0.717) is 16.9 Å². The van der Waals surface area contributed by atoms with Crippen molar-refractivity contribution < 1.29 is 23.4 Å². The van der Waals surface area contributed by atoms with E-state index < -0.39 is 11.1 Å². The molecule has 1 aromatic carbocycles. The predicted molar refractivity (Wildman–Crippen MR) is 50.0 cm³/mol. The molecule has 0 aromatic heterocycles. The Balaban J connectivity index is 0.00000169. The van der Waals surface area contributed by atoms with Gasteiger partial charge in [-0.2, -0.15) is 0 Å². The molecular weight excluding hydrogens is 239 g/mol. The largest absolute Gasteiger partial charge is 0.768 e. The topological polar surface area (TPSA) is 78.8 Å². The van der Waals surface area contributed by atoms with Crippen molar-refractivity contribution in [2.75, 3.05) is 0 Å². The van der Waals surface area contributed by atoms with Crippen molar-refractivity contribution >= 4 is 52.7 Å². The van der Waals surface area contributed by atoms with E-state index in [4.69, 9.17) is 5.26 Å². The molecule has 0 heterocycles. The number of hydrogen-bond acceptors (Lipinski definition) is 6. The fourth-order valence-electron chi connectivity index (χ4n) is 0.709. The molecule has 0 aliphatic rings. The van der Waals surface area contributed by atoms with E-state index in [1.807, 2.05) is 0 Å². The van der Waals surface area contributed by atoms with Crippen LogP contribution in [0.4, 0.5) is 0 Å². The van der Waals surface area contributed by atoms with E-state index in [0.717, 1.165) is 0 Å². The average molecular weight is 244 g/mol. The third kappa shape index (κ3) is 4.39. The van der Waals surface area contributed by atoms with Gasteiger partial charge in [0.1, 0.15) is 0 Å². The molecule has 0 saturated carbocycles. The SMILES string of the molecule is O=S([O-])c1ccccc1SOOO.[Na]. The van der Waals surface area contributed by atoms with Gasteiger partial charge in [-0.05, 0) is 23.2 Å². The molecule has 14 heavy (non-hydrogen) atoms. The molecule has 0 aliphatic heterocycles. The molecular formula is C6H5NaO5S2-. The van der Waals surface area contributed by atoms with Crippen LogP contribution < -0.4 is 0 Å². The Hall–Kier alpha value is 0.560. The molecule has 0 aliphatic carbocycles. The van der Waals surface area contributed by atoms with Crippen LogP contribution in [0.3, 0.4) is 0 Å². The summed E-state index contributed by atoms with van der Waals surface area (Å²) in [4.78, 5) is 0.425. The molecule has 1 rings (SSSR count). The summed E-state index contributed by atoms with van der Waals surface area (Å²) in [5.74, 6) is 0. The first-order valence-electron chi connectivity index (χ1n) is 3.08. The first-order valence-corrected chi connectivity index (χ1v) is 4.90. The monoisotopic (exact) mass is 244 g/mol. The van der Waals surface area contributed by atoms with Crippen molar-refractivity contribution in [1.82, 2.24) is 0 Å². The molecule has 0 amide bonds. The molecule has 73 valence electrons. The Kier molecular flexibility index (Phi) is 8.11. The van der Waals surface area contributed by atoms with E-state index in [-0.39, 0.29) is 34.5 Å². The van der Waals surface area contributed by atoms with Gasteiger partial charge in [0.25, 0.3) is 0 Å². The first kappa shape index (κ1) is 14.6. The van der Waals surface area contributed by atoms with Crippen LogP contribution in [0.1, 0.15) is 0 Å². The van der Waals surface area contributed by atoms with Crippen molar-refractivity contribution in [2.24, 2.45) is 0 Å². The van der Waals surface area contributed by atoms with E-state index in [1.165, 1.54) is 12.1 Å². The standard InChI is InChI=1S/C6H6O5S2.Na/c7-10-11-12-5-3-1-2-4-6(5)13(8)9;/h1-4,7H,(H,8,9);/p-1. The Morgan fingerprint density at radius 3 is 2.64 bits per heavy atom. The van der Waals surface area contributed by atoms with E-state index in [9.17, 15) is 8.76 Å². The maximum absolute atomic E-state index is 10.6. The predicted octanol–water partition coefficient (Wildman–Crippen LogP) is 0.972. The van der Waals surface area contributed by atoms with Crippen LogP contribution in [-0.2, 0) is 20.5 Å². The van der Waals surface area contributed by atoms with E-state index >= 15 is 0 Å². The molecule has 0 bridgehead atoms. The van der Waals surface area contributed by atoms with Crippen molar-refractivity contribution in [3.63, 3.8) is 0 Å². The summed E-state index contributed by atoms with van der Waals surface area (Å²) in [5.41, 5.74) is 0. The summed E-state index contributed by atoms with van der Waals surface area (Å²) in [6.07, 6.45) is 0. The summed E-state index contributed by atoms with van der Waals surface area (Å²) in [6, 6.07) is 6.15. The van der Waals surface area contributed by atoms with Crippen LogP contribution in [0.25, 0.3) is 0 Å². The summed E-state index contributed by atoms with van der Waals surface area (Å²) >= 11 is -1.72. The van der Waals surface area contributed by atoms with Gasteiger partial charge >= 0.3 is 0 Å². The molecule has 8 heteroatoms. The minimum atomic E-state index is -2.33. The maximum atomic E-state index is 10.6. The third-order valence-corrected chi connectivity index (χ3v) is 2.69. The van der Waals surface area contributed by atoms with Gasteiger partial charge in [-0.25, -0.2) is 5.26 Å². The quantitative estimate of drug-likeness (QED) is 0.279. The van der Waals surface area contributed by atoms with Gasteiger partial charge < -0.3 is 4.55 Å². The summed E-state index contributed by atoms with van der Waals surface area (Å²) in [7, 11) is 0. The maximum Gasteiger partial charge on any atom is 0.0726 e. The normalized spacial score (nSPS) is 11.9. The number of hydrogen-bond donors (Lipinski definition) is 1. The minimum absolute atomic E-state index is 0. The molecule has 0 saturated heterocycles. The van der Waals surface area contributed by atoms with Crippen LogP contribution >= 0.6 is 12.0 Å². The fourth-order valence-corrected chi connectivity index (χ4v) is 1.82. The molecule has 0 spiro atoms. The molecule has 1 unspecified atom stereocenters. The molecule has 1 aromatic rings. The van der Waals surface area contributed by atoms with Gasteiger partial charge in [0.05, 0.1) is 16.9 Å². The third-order valence-electron chi connectivity index (χ3n) is 1.18. The smallest absolute Gasteiger partial charge is 0.0726 e.